The van der Waals surface area contributed by atoms with Crippen molar-refractivity contribution in [2.45, 2.75) is 33.2 Å². The molecule has 4 nitrogen and oxygen atoms in total. The zero-order chi connectivity index (χ0) is 17.1. The molecule has 1 aromatic carbocycles. The molecule has 0 unspecified atom stereocenters. The summed E-state index contributed by atoms with van der Waals surface area (Å²) in [5, 5.41) is 6.75. The molecule has 0 saturated heterocycles. The number of thioether (sulfide) groups is 1. The summed E-state index contributed by atoms with van der Waals surface area (Å²) in [7, 11) is 4.16. The molecule has 1 aromatic rings. The number of unbranched alkanes of at least 4 members (excludes halogenated alkanes) is 1. The van der Waals surface area contributed by atoms with Crippen LogP contribution in [0.15, 0.2) is 23.2 Å². The third kappa shape index (κ3) is 7.64. The molecular formula is C18H32N4S. The fraction of sp³-hybridized carbons (Fsp3) is 0.611. The Kier molecular flexibility index (Phi) is 9.60. The molecule has 0 spiro atoms. The van der Waals surface area contributed by atoms with Gasteiger partial charge in [0.25, 0.3) is 0 Å². The molecule has 0 amide bonds. The van der Waals surface area contributed by atoms with Gasteiger partial charge in [-0.05, 0) is 55.9 Å². The summed E-state index contributed by atoms with van der Waals surface area (Å²) >= 11 is 1.91. The van der Waals surface area contributed by atoms with Crippen molar-refractivity contribution in [1.29, 1.82) is 0 Å². The summed E-state index contributed by atoms with van der Waals surface area (Å²) in [6.45, 7) is 6.77. The van der Waals surface area contributed by atoms with Crippen LogP contribution in [0.25, 0.3) is 0 Å². The van der Waals surface area contributed by atoms with E-state index >= 15 is 0 Å². The molecule has 0 aliphatic rings. The molecule has 130 valence electrons. The Labute approximate surface area is 146 Å². The largest absolute Gasteiger partial charge is 0.377 e. The molecular weight excluding hydrogens is 304 g/mol. The van der Waals surface area contributed by atoms with Crippen molar-refractivity contribution in [3.8, 4) is 0 Å². The Hall–Kier alpha value is -1.36. The smallest absolute Gasteiger partial charge is 0.191 e. The van der Waals surface area contributed by atoms with Gasteiger partial charge in [0.05, 0.1) is 6.54 Å². The van der Waals surface area contributed by atoms with E-state index in [9.17, 15) is 0 Å². The average Bonchev–Trinajstić information content (AvgIpc) is 2.53. The lowest BCUT2D eigenvalue weighted by atomic mass is 10.1. The number of hydrogen-bond acceptors (Lipinski definition) is 3. The van der Waals surface area contributed by atoms with Gasteiger partial charge in [0.1, 0.15) is 0 Å². The number of benzene rings is 1. The standard InChI is InChI=1S/C18H32N4S/c1-6-19-18(20-11-7-8-12-23-5)21-14-16-10-9-15(2)13-17(16)22(3)4/h9-10,13H,6-8,11-12,14H2,1-5H3,(H2,19,20,21). The first-order valence-corrected chi connectivity index (χ1v) is 9.75. The highest BCUT2D eigenvalue weighted by atomic mass is 32.2. The number of aryl methyl sites for hydroxylation is 1. The van der Waals surface area contributed by atoms with Crippen molar-refractivity contribution in [2.24, 2.45) is 4.99 Å². The van der Waals surface area contributed by atoms with Crippen LogP contribution in [0.3, 0.4) is 0 Å². The van der Waals surface area contributed by atoms with Gasteiger partial charge < -0.3 is 15.5 Å². The number of guanidine groups is 1. The Morgan fingerprint density at radius 2 is 2.00 bits per heavy atom. The minimum atomic E-state index is 0.688. The molecule has 0 atom stereocenters. The lowest BCUT2D eigenvalue weighted by Gasteiger charge is -2.18. The van der Waals surface area contributed by atoms with Gasteiger partial charge >= 0.3 is 0 Å². The summed E-state index contributed by atoms with van der Waals surface area (Å²) < 4.78 is 0. The predicted octanol–water partition coefficient (Wildman–Crippen LogP) is 3.26. The van der Waals surface area contributed by atoms with Gasteiger partial charge in [0.15, 0.2) is 5.96 Å². The summed E-state index contributed by atoms with van der Waals surface area (Å²) in [5.74, 6) is 2.13. The Morgan fingerprint density at radius 3 is 2.65 bits per heavy atom. The molecule has 5 heteroatoms. The van der Waals surface area contributed by atoms with E-state index in [2.05, 4.69) is 67.9 Å². The highest BCUT2D eigenvalue weighted by molar-refractivity contribution is 7.98. The lowest BCUT2D eigenvalue weighted by Crippen LogP contribution is -2.37. The molecule has 0 saturated carbocycles. The normalized spacial score (nSPS) is 11.4. The van der Waals surface area contributed by atoms with Crippen molar-refractivity contribution in [2.75, 3.05) is 44.1 Å². The van der Waals surface area contributed by atoms with Gasteiger partial charge in [0, 0.05) is 32.9 Å². The molecule has 23 heavy (non-hydrogen) atoms. The molecule has 0 bridgehead atoms. The first kappa shape index (κ1) is 19.7. The Balaban J connectivity index is 2.66. The van der Waals surface area contributed by atoms with Gasteiger partial charge in [0.2, 0.25) is 0 Å². The minimum Gasteiger partial charge on any atom is -0.377 e. The van der Waals surface area contributed by atoms with Crippen LogP contribution in [0.2, 0.25) is 0 Å². The van der Waals surface area contributed by atoms with Crippen molar-refractivity contribution in [3.63, 3.8) is 0 Å². The van der Waals surface area contributed by atoms with Crippen molar-refractivity contribution >= 4 is 23.4 Å². The van der Waals surface area contributed by atoms with Crippen LogP contribution < -0.4 is 15.5 Å². The molecule has 0 aromatic heterocycles. The SMILES string of the molecule is CCNC(=NCc1ccc(C)cc1N(C)C)NCCCCSC. The zero-order valence-electron chi connectivity index (χ0n) is 15.3. The van der Waals surface area contributed by atoms with Gasteiger partial charge in [-0.3, -0.25) is 0 Å². The number of nitrogens with zero attached hydrogens (tertiary/aromatic N) is 2. The lowest BCUT2D eigenvalue weighted by molar-refractivity contribution is 0.734. The van der Waals surface area contributed by atoms with Gasteiger partial charge in [-0.15, -0.1) is 0 Å². The number of hydrogen-bond donors (Lipinski definition) is 2. The first-order chi connectivity index (χ1) is 11.1. The molecule has 1 rings (SSSR count). The van der Waals surface area contributed by atoms with E-state index in [1.807, 2.05) is 11.8 Å². The van der Waals surface area contributed by atoms with Crippen LogP contribution in [0.4, 0.5) is 5.69 Å². The second kappa shape index (κ2) is 11.2. The van der Waals surface area contributed by atoms with Crippen LogP contribution in [-0.2, 0) is 6.54 Å². The van der Waals surface area contributed by atoms with E-state index in [0.717, 1.165) is 19.0 Å². The Bertz CT molecular complexity index is 486. The maximum atomic E-state index is 4.74. The second-order valence-electron chi connectivity index (χ2n) is 5.85. The van der Waals surface area contributed by atoms with Crippen LogP contribution in [-0.4, -0.2) is 45.2 Å². The monoisotopic (exact) mass is 336 g/mol. The van der Waals surface area contributed by atoms with E-state index < -0.39 is 0 Å². The minimum absolute atomic E-state index is 0.688. The summed E-state index contributed by atoms with van der Waals surface area (Å²) in [5.41, 5.74) is 3.77. The third-order valence-corrected chi connectivity index (χ3v) is 4.24. The highest BCUT2D eigenvalue weighted by Crippen LogP contribution is 2.21. The summed E-state index contributed by atoms with van der Waals surface area (Å²) in [6.07, 6.45) is 4.58. The van der Waals surface area contributed by atoms with E-state index in [-0.39, 0.29) is 0 Å². The van der Waals surface area contributed by atoms with E-state index in [4.69, 9.17) is 4.99 Å². The van der Waals surface area contributed by atoms with E-state index in [1.165, 1.54) is 35.4 Å². The fourth-order valence-electron chi connectivity index (χ4n) is 2.31. The van der Waals surface area contributed by atoms with Crippen LogP contribution in [0.1, 0.15) is 30.9 Å². The predicted molar refractivity (Wildman–Crippen MR) is 106 cm³/mol. The quantitative estimate of drug-likeness (QED) is 0.412. The second-order valence-corrected chi connectivity index (χ2v) is 6.83. The van der Waals surface area contributed by atoms with Crippen molar-refractivity contribution in [1.82, 2.24) is 10.6 Å². The van der Waals surface area contributed by atoms with E-state index in [0.29, 0.717) is 6.54 Å². The third-order valence-electron chi connectivity index (χ3n) is 3.54. The van der Waals surface area contributed by atoms with E-state index in [1.54, 1.807) is 0 Å². The number of nitrogens with one attached hydrogen (secondary N) is 2. The number of rotatable bonds is 9. The number of anilines is 1. The van der Waals surface area contributed by atoms with Gasteiger partial charge in [-0.2, -0.15) is 11.8 Å². The molecule has 0 heterocycles. The Morgan fingerprint density at radius 1 is 1.22 bits per heavy atom. The van der Waals surface area contributed by atoms with Crippen LogP contribution >= 0.6 is 11.8 Å². The summed E-state index contributed by atoms with van der Waals surface area (Å²) in [4.78, 5) is 6.89. The maximum absolute atomic E-state index is 4.74. The van der Waals surface area contributed by atoms with Gasteiger partial charge in [-0.25, -0.2) is 4.99 Å². The van der Waals surface area contributed by atoms with Crippen LogP contribution in [0, 0.1) is 6.92 Å². The van der Waals surface area contributed by atoms with Gasteiger partial charge in [-0.1, -0.05) is 12.1 Å². The molecule has 0 radical (unpaired) electrons. The summed E-state index contributed by atoms with van der Waals surface area (Å²) in [6, 6.07) is 6.55. The fourth-order valence-corrected chi connectivity index (χ4v) is 2.80. The molecule has 0 fully saturated rings. The molecule has 2 N–H and O–H groups in total. The molecule has 0 aliphatic heterocycles. The van der Waals surface area contributed by atoms with Crippen molar-refractivity contribution < 1.29 is 0 Å². The average molecular weight is 337 g/mol. The topological polar surface area (TPSA) is 39.7 Å². The van der Waals surface area contributed by atoms with Crippen LogP contribution in [0.5, 0.6) is 0 Å². The maximum Gasteiger partial charge on any atom is 0.191 e. The zero-order valence-corrected chi connectivity index (χ0v) is 16.1. The number of aliphatic imine (C=N–C) groups is 1. The molecule has 0 aliphatic carbocycles. The highest BCUT2D eigenvalue weighted by Gasteiger charge is 2.05. The first-order valence-electron chi connectivity index (χ1n) is 8.36. The van der Waals surface area contributed by atoms with Crippen molar-refractivity contribution in [3.05, 3.63) is 29.3 Å².